The lowest BCUT2D eigenvalue weighted by Gasteiger charge is -2.31. The van der Waals surface area contributed by atoms with E-state index in [1.165, 1.54) is 0 Å². The zero-order chi connectivity index (χ0) is 9.35. The van der Waals surface area contributed by atoms with Crippen molar-refractivity contribution in [3.05, 3.63) is 0 Å². The number of hydrogen-bond donors (Lipinski definition) is 1. The summed E-state index contributed by atoms with van der Waals surface area (Å²) < 4.78 is 0. The molecule has 3 heteroatoms. The quantitative estimate of drug-likeness (QED) is 0.576. The molecule has 3 nitrogen and oxygen atoms in total. The van der Waals surface area contributed by atoms with Crippen molar-refractivity contribution >= 4 is 0 Å². The third-order valence-corrected chi connectivity index (χ3v) is 2.40. The maximum atomic E-state index is 9.46. The standard InChI is InChI=1S/C9H16N2O/c1-9(2,3)11-5-7(4-10)8(12)6-11/h7-8,12H,5-6H2,1-3H3/t7-,8-/m1/s1. The SMILES string of the molecule is CC(C)(C)N1C[C@@H](O)[C@H](C#N)C1. The van der Waals surface area contributed by atoms with Crippen LogP contribution < -0.4 is 0 Å². The van der Waals surface area contributed by atoms with E-state index < -0.39 is 6.10 Å². The second kappa shape index (κ2) is 3.04. The number of nitrogens with zero attached hydrogens (tertiary/aromatic N) is 2. The second-order valence-electron chi connectivity index (χ2n) is 4.38. The molecule has 0 aromatic carbocycles. The first-order valence-electron chi connectivity index (χ1n) is 4.28. The van der Waals surface area contributed by atoms with Crippen molar-refractivity contribution in [2.75, 3.05) is 13.1 Å². The van der Waals surface area contributed by atoms with Crippen molar-refractivity contribution in [1.82, 2.24) is 4.90 Å². The van der Waals surface area contributed by atoms with Gasteiger partial charge in [0, 0.05) is 18.6 Å². The van der Waals surface area contributed by atoms with Gasteiger partial charge in [-0.2, -0.15) is 5.26 Å². The van der Waals surface area contributed by atoms with Gasteiger partial charge in [0.1, 0.15) is 0 Å². The van der Waals surface area contributed by atoms with Gasteiger partial charge in [0.15, 0.2) is 0 Å². The molecule has 1 heterocycles. The summed E-state index contributed by atoms with van der Waals surface area (Å²) in [4.78, 5) is 2.14. The molecule has 2 atom stereocenters. The Balaban J connectivity index is 2.62. The maximum absolute atomic E-state index is 9.46. The maximum Gasteiger partial charge on any atom is 0.0862 e. The fourth-order valence-corrected chi connectivity index (χ4v) is 1.46. The predicted octanol–water partition coefficient (Wildman–Crippen LogP) is 0.601. The van der Waals surface area contributed by atoms with E-state index in [4.69, 9.17) is 5.26 Å². The Kier molecular flexibility index (Phi) is 2.41. The Bertz CT molecular complexity index is 202. The molecule has 1 saturated heterocycles. The molecule has 0 spiro atoms. The van der Waals surface area contributed by atoms with E-state index >= 15 is 0 Å². The van der Waals surface area contributed by atoms with Crippen LogP contribution >= 0.6 is 0 Å². The van der Waals surface area contributed by atoms with Crippen LogP contribution in [0, 0.1) is 17.2 Å². The van der Waals surface area contributed by atoms with Crippen LogP contribution in [0.3, 0.4) is 0 Å². The van der Waals surface area contributed by atoms with E-state index in [0.29, 0.717) is 13.1 Å². The summed E-state index contributed by atoms with van der Waals surface area (Å²) in [6.07, 6.45) is -0.464. The van der Waals surface area contributed by atoms with Crippen LogP contribution in [0.5, 0.6) is 0 Å². The largest absolute Gasteiger partial charge is 0.390 e. The second-order valence-corrected chi connectivity index (χ2v) is 4.38. The number of likely N-dealkylation sites (tertiary alicyclic amines) is 1. The molecule has 1 aliphatic heterocycles. The molecule has 0 saturated carbocycles. The molecule has 1 fully saturated rings. The number of β-amino-alcohol motifs (C(OH)–C–C–N with tert-alkyl or cyclic N) is 1. The molecule has 68 valence electrons. The van der Waals surface area contributed by atoms with Gasteiger partial charge in [0.2, 0.25) is 0 Å². The zero-order valence-corrected chi connectivity index (χ0v) is 7.91. The van der Waals surface area contributed by atoms with Gasteiger partial charge in [-0.1, -0.05) is 0 Å². The van der Waals surface area contributed by atoms with Crippen LogP contribution in [0.2, 0.25) is 0 Å². The van der Waals surface area contributed by atoms with Gasteiger partial charge in [-0.05, 0) is 20.8 Å². The first-order valence-corrected chi connectivity index (χ1v) is 4.28. The molecule has 0 bridgehead atoms. The molecule has 0 aromatic heterocycles. The molecule has 0 aliphatic carbocycles. The predicted molar refractivity (Wildman–Crippen MR) is 46.4 cm³/mol. The minimum Gasteiger partial charge on any atom is -0.390 e. The van der Waals surface area contributed by atoms with Gasteiger partial charge in [-0.25, -0.2) is 0 Å². The van der Waals surface area contributed by atoms with E-state index in [1.807, 2.05) is 0 Å². The van der Waals surface area contributed by atoms with Crippen molar-refractivity contribution in [1.29, 1.82) is 5.26 Å². The van der Waals surface area contributed by atoms with Gasteiger partial charge in [0.25, 0.3) is 0 Å². The zero-order valence-electron chi connectivity index (χ0n) is 7.91. The summed E-state index contributed by atoms with van der Waals surface area (Å²) in [5.41, 5.74) is 0.0621. The Labute approximate surface area is 73.6 Å². The Morgan fingerprint density at radius 3 is 2.25 bits per heavy atom. The van der Waals surface area contributed by atoms with Crippen molar-refractivity contribution in [2.24, 2.45) is 5.92 Å². The first-order chi connectivity index (χ1) is 5.45. The highest BCUT2D eigenvalue weighted by molar-refractivity contribution is 4.99. The average Bonchev–Trinajstić information content (AvgIpc) is 2.29. The molecule has 0 radical (unpaired) electrons. The highest BCUT2D eigenvalue weighted by Gasteiger charge is 2.36. The summed E-state index contributed by atoms with van der Waals surface area (Å²) in [7, 11) is 0. The molecule has 1 aliphatic rings. The fraction of sp³-hybridized carbons (Fsp3) is 0.889. The number of hydrogen-bond acceptors (Lipinski definition) is 3. The van der Waals surface area contributed by atoms with E-state index in [9.17, 15) is 5.11 Å². The summed E-state index contributed by atoms with van der Waals surface area (Å²) in [5.74, 6) is -0.204. The lowest BCUT2D eigenvalue weighted by atomic mass is 10.1. The number of rotatable bonds is 0. The van der Waals surface area contributed by atoms with Gasteiger partial charge < -0.3 is 5.11 Å². The number of aliphatic hydroxyl groups is 1. The summed E-state index contributed by atoms with van der Waals surface area (Å²) in [6, 6.07) is 2.12. The van der Waals surface area contributed by atoms with Gasteiger partial charge in [-0.15, -0.1) is 0 Å². The third-order valence-electron chi connectivity index (χ3n) is 2.40. The Morgan fingerprint density at radius 2 is 2.00 bits per heavy atom. The molecule has 0 unspecified atom stereocenters. The number of aliphatic hydroxyl groups excluding tert-OH is 1. The van der Waals surface area contributed by atoms with E-state index in [0.717, 1.165) is 0 Å². The Hall–Kier alpha value is -0.590. The lowest BCUT2D eigenvalue weighted by molar-refractivity contribution is 0.126. The summed E-state index contributed by atoms with van der Waals surface area (Å²) >= 11 is 0. The monoisotopic (exact) mass is 168 g/mol. The summed E-state index contributed by atoms with van der Waals surface area (Å²) in [6.45, 7) is 7.61. The highest BCUT2D eigenvalue weighted by atomic mass is 16.3. The Morgan fingerprint density at radius 1 is 1.42 bits per heavy atom. The van der Waals surface area contributed by atoms with Crippen LogP contribution in [0.4, 0.5) is 0 Å². The molecule has 12 heavy (non-hydrogen) atoms. The smallest absolute Gasteiger partial charge is 0.0862 e. The van der Waals surface area contributed by atoms with Gasteiger partial charge in [0.05, 0.1) is 18.1 Å². The number of nitriles is 1. The van der Waals surface area contributed by atoms with Crippen LogP contribution in [-0.4, -0.2) is 34.7 Å². The van der Waals surface area contributed by atoms with Crippen LogP contribution in [0.15, 0.2) is 0 Å². The first kappa shape index (κ1) is 9.50. The highest BCUT2D eigenvalue weighted by Crippen LogP contribution is 2.23. The fourth-order valence-electron chi connectivity index (χ4n) is 1.46. The lowest BCUT2D eigenvalue weighted by Crippen LogP contribution is -2.40. The molecule has 1 rings (SSSR count). The molecular formula is C9H16N2O. The van der Waals surface area contributed by atoms with E-state index in [2.05, 4.69) is 31.7 Å². The third kappa shape index (κ3) is 1.77. The molecule has 0 aromatic rings. The molecule has 0 amide bonds. The minimum absolute atomic E-state index is 0.0621. The van der Waals surface area contributed by atoms with Gasteiger partial charge >= 0.3 is 0 Å². The van der Waals surface area contributed by atoms with Crippen molar-refractivity contribution in [3.63, 3.8) is 0 Å². The minimum atomic E-state index is -0.464. The van der Waals surface area contributed by atoms with E-state index in [1.54, 1.807) is 0 Å². The molecular weight excluding hydrogens is 152 g/mol. The average molecular weight is 168 g/mol. The summed E-state index contributed by atoms with van der Waals surface area (Å²) in [5, 5.41) is 18.1. The van der Waals surface area contributed by atoms with Crippen molar-refractivity contribution in [3.8, 4) is 6.07 Å². The van der Waals surface area contributed by atoms with Crippen LogP contribution in [0.1, 0.15) is 20.8 Å². The molecule has 1 N–H and O–H groups in total. The van der Waals surface area contributed by atoms with Crippen LogP contribution in [0.25, 0.3) is 0 Å². The van der Waals surface area contributed by atoms with Gasteiger partial charge in [-0.3, -0.25) is 4.90 Å². The van der Waals surface area contributed by atoms with Crippen molar-refractivity contribution in [2.45, 2.75) is 32.4 Å². The normalized spacial score (nSPS) is 31.9. The van der Waals surface area contributed by atoms with E-state index in [-0.39, 0.29) is 11.5 Å². The van der Waals surface area contributed by atoms with Crippen molar-refractivity contribution < 1.29 is 5.11 Å². The topological polar surface area (TPSA) is 47.3 Å². The van der Waals surface area contributed by atoms with Crippen LogP contribution in [-0.2, 0) is 0 Å².